The molecule has 1 N–H and O–H groups in total. The maximum atomic E-state index is 12.7. The van der Waals surface area contributed by atoms with Gasteiger partial charge in [0.05, 0.1) is 23.1 Å². The summed E-state index contributed by atoms with van der Waals surface area (Å²) in [6, 6.07) is 3.49. The SMILES string of the molecule is COc1cc(/C=C2\SC(=S)N(CCCCCC(=O)O)C2=O)cc(Cl)c1OC(C)C. The van der Waals surface area contributed by atoms with E-state index in [9.17, 15) is 9.59 Å². The number of rotatable bonds is 10. The summed E-state index contributed by atoms with van der Waals surface area (Å²) in [5, 5.41) is 9.08. The van der Waals surface area contributed by atoms with Crippen LogP contribution in [0.4, 0.5) is 0 Å². The summed E-state index contributed by atoms with van der Waals surface area (Å²) in [7, 11) is 1.53. The van der Waals surface area contributed by atoms with Gasteiger partial charge in [0, 0.05) is 13.0 Å². The summed E-state index contributed by atoms with van der Waals surface area (Å²) in [6.07, 6.45) is 3.83. The van der Waals surface area contributed by atoms with Crippen molar-refractivity contribution in [2.75, 3.05) is 13.7 Å². The lowest BCUT2D eigenvalue weighted by atomic mass is 10.1. The molecule has 1 amide bonds. The summed E-state index contributed by atoms with van der Waals surface area (Å²) in [6.45, 7) is 4.28. The van der Waals surface area contributed by atoms with Crippen molar-refractivity contribution in [2.24, 2.45) is 0 Å². The van der Waals surface area contributed by atoms with E-state index in [1.807, 2.05) is 13.8 Å². The third-order valence-corrected chi connectivity index (χ3v) is 5.71. The van der Waals surface area contributed by atoms with E-state index in [0.29, 0.717) is 50.7 Å². The van der Waals surface area contributed by atoms with Crippen LogP contribution in [0, 0.1) is 0 Å². The Balaban J connectivity index is 2.10. The van der Waals surface area contributed by atoms with Crippen molar-refractivity contribution in [3.05, 3.63) is 27.6 Å². The second-order valence-corrected chi connectivity index (χ2v) is 8.82. The fraction of sp³-hybridized carbons (Fsp3) is 0.450. The van der Waals surface area contributed by atoms with Crippen LogP contribution in [0.3, 0.4) is 0 Å². The van der Waals surface area contributed by atoms with Gasteiger partial charge < -0.3 is 14.6 Å². The number of carbonyl (C=O) groups excluding carboxylic acids is 1. The molecular weight excluding hydrogens is 434 g/mol. The first-order valence-corrected chi connectivity index (χ1v) is 10.8. The summed E-state index contributed by atoms with van der Waals surface area (Å²) >= 11 is 12.9. The average molecular weight is 458 g/mol. The standard InChI is InChI=1S/C20H24ClNO5S2/c1-12(2)27-18-14(21)9-13(10-15(18)26-3)11-16-19(25)22(20(28)29-16)8-6-4-5-7-17(23)24/h9-12H,4-8H2,1-3H3,(H,23,24)/b16-11-. The molecule has 158 valence electrons. The summed E-state index contributed by atoms with van der Waals surface area (Å²) in [5.41, 5.74) is 0.713. The maximum absolute atomic E-state index is 12.7. The molecule has 1 heterocycles. The van der Waals surface area contributed by atoms with Crippen molar-refractivity contribution in [3.63, 3.8) is 0 Å². The Kier molecular flexibility index (Phi) is 8.79. The van der Waals surface area contributed by atoms with Crippen LogP contribution in [-0.4, -0.2) is 46.0 Å². The number of nitrogens with zero attached hydrogens (tertiary/aromatic N) is 1. The van der Waals surface area contributed by atoms with Gasteiger partial charge in [0.15, 0.2) is 11.5 Å². The number of carbonyl (C=O) groups is 2. The van der Waals surface area contributed by atoms with Crippen molar-refractivity contribution in [1.29, 1.82) is 0 Å². The van der Waals surface area contributed by atoms with E-state index in [2.05, 4.69) is 0 Å². The highest BCUT2D eigenvalue weighted by molar-refractivity contribution is 8.26. The van der Waals surface area contributed by atoms with Gasteiger partial charge in [-0.3, -0.25) is 14.5 Å². The lowest BCUT2D eigenvalue weighted by molar-refractivity contribution is -0.137. The number of halogens is 1. The fourth-order valence-corrected chi connectivity index (χ4v) is 4.31. The minimum absolute atomic E-state index is 0.0565. The number of unbranched alkanes of at least 4 members (excludes halogenated alkanes) is 2. The zero-order chi connectivity index (χ0) is 21.6. The molecule has 29 heavy (non-hydrogen) atoms. The lowest BCUT2D eigenvalue weighted by Gasteiger charge is -2.16. The number of carboxylic acids is 1. The molecule has 1 saturated heterocycles. The van der Waals surface area contributed by atoms with Gasteiger partial charge in [-0.15, -0.1) is 0 Å². The minimum Gasteiger partial charge on any atom is -0.493 e. The Bertz CT molecular complexity index is 825. The molecule has 1 aromatic carbocycles. The smallest absolute Gasteiger partial charge is 0.303 e. The van der Waals surface area contributed by atoms with Gasteiger partial charge in [-0.1, -0.05) is 42.0 Å². The molecule has 0 aliphatic carbocycles. The number of carboxylic acid groups (broad SMARTS) is 1. The Labute approximate surface area is 185 Å². The number of thiocarbonyl (C=S) groups is 1. The zero-order valence-electron chi connectivity index (χ0n) is 16.6. The number of amides is 1. The summed E-state index contributed by atoms with van der Waals surface area (Å²) in [5.74, 6) is -0.00476. The predicted molar refractivity (Wildman–Crippen MR) is 120 cm³/mol. The van der Waals surface area contributed by atoms with Crippen LogP contribution >= 0.6 is 35.6 Å². The van der Waals surface area contributed by atoms with Crippen LogP contribution in [0.1, 0.15) is 45.1 Å². The normalized spacial score (nSPS) is 15.5. The molecule has 0 saturated carbocycles. The molecule has 0 atom stereocenters. The maximum Gasteiger partial charge on any atom is 0.303 e. The van der Waals surface area contributed by atoms with Crippen molar-refractivity contribution in [1.82, 2.24) is 4.90 Å². The largest absolute Gasteiger partial charge is 0.493 e. The molecule has 1 aliphatic heterocycles. The van der Waals surface area contributed by atoms with Crippen LogP contribution < -0.4 is 9.47 Å². The Hall–Kier alpha value is -1.77. The van der Waals surface area contributed by atoms with Crippen LogP contribution in [0.25, 0.3) is 6.08 Å². The molecular formula is C20H24ClNO5S2. The first kappa shape index (κ1) is 23.5. The topological polar surface area (TPSA) is 76.1 Å². The van der Waals surface area contributed by atoms with Crippen LogP contribution in [-0.2, 0) is 9.59 Å². The molecule has 0 spiro atoms. The molecule has 0 aromatic heterocycles. The second-order valence-electron chi connectivity index (χ2n) is 6.74. The number of benzene rings is 1. The zero-order valence-corrected chi connectivity index (χ0v) is 19.0. The lowest BCUT2D eigenvalue weighted by Crippen LogP contribution is -2.29. The van der Waals surface area contributed by atoms with E-state index >= 15 is 0 Å². The van der Waals surface area contributed by atoms with Gasteiger partial charge in [0.2, 0.25) is 0 Å². The van der Waals surface area contributed by atoms with Crippen molar-refractivity contribution >= 4 is 57.9 Å². The minimum atomic E-state index is -0.808. The van der Waals surface area contributed by atoms with E-state index in [-0.39, 0.29) is 18.4 Å². The highest BCUT2D eigenvalue weighted by Gasteiger charge is 2.31. The first-order valence-electron chi connectivity index (χ1n) is 9.24. The summed E-state index contributed by atoms with van der Waals surface area (Å²) < 4.78 is 11.6. The Morgan fingerprint density at radius 2 is 2.07 bits per heavy atom. The third-order valence-electron chi connectivity index (χ3n) is 4.05. The highest BCUT2D eigenvalue weighted by atomic mass is 35.5. The molecule has 1 aliphatic rings. The first-order chi connectivity index (χ1) is 13.7. The molecule has 0 unspecified atom stereocenters. The van der Waals surface area contributed by atoms with Gasteiger partial charge in [0.25, 0.3) is 5.91 Å². The van der Waals surface area contributed by atoms with Crippen molar-refractivity contribution < 1.29 is 24.2 Å². The number of hydrogen-bond donors (Lipinski definition) is 1. The van der Waals surface area contributed by atoms with Gasteiger partial charge in [0.1, 0.15) is 4.32 Å². The molecule has 6 nitrogen and oxygen atoms in total. The van der Waals surface area contributed by atoms with Crippen LogP contribution in [0.15, 0.2) is 17.0 Å². The Morgan fingerprint density at radius 3 is 2.69 bits per heavy atom. The number of hydrogen-bond acceptors (Lipinski definition) is 6. The van der Waals surface area contributed by atoms with E-state index < -0.39 is 5.97 Å². The molecule has 1 aromatic rings. The van der Waals surface area contributed by atoms with E-state index in [1.54, 1.807) is 23.1 Å². The van der Waals surface area contributed by atoms with Gasteiger partial charge in [-0.2, -0.15) is 0 Å². The fourth-order valence-electron chi connectivity index (χ4n) is 2.74. The molecule has 2 rings (SSSR count). The van der Waals surface area contributed by atoms with Crippen LogP contribution in [0.2, 0.25) is 5.02 Å². The van der Waals surface area contributed by atoms with Gasteiger partial charge in [-0.05, 0) is 50.5 Å². The summed E-state index contributed by atoms with van der Waals surface area (Å²) in [4.78, 5) is 25.3. The molecule has 0 bridgehead atoms. The quantitative estimate of drug-likeness (QED) is 0.301. The number of thioether (sulfide) groups is 1. The molecule has 0 radical (unpaired) electrons. The number of methoxy groups -OCH3 is 1. The van der Waals surface area contributed by atoms with E-state index in [0.717, 1.165) is 6.42 Å². The van der Waals surface area contributed by atoms with Crippen LogP contribution in [0.5, 0.6) is 11.5 Å². The third kappa shape index (κ3) is 6.62. The highest BCUT2D eigenvalue weighted by Crippen LogP contribution is 2.39. The van der Waals surface area contributed by atoms with Gasteiger partial charge in [-0.25, -0.2) is 0 Å². The molecule has 9 heteroatoms. The number of aliphatic carboxylic acids is 1. The van der Waals surface area contributed by atoms with Crippen molar-refractivity contribution in [2.45, 2.75) is 45.6 Å². The van der Waals surface area contributed by atoms with E-state index in [1.165, 1.54) is 18.9 Å². The Morgan fingerprint density at radius 1 is 1.34 bits per heavy atom. The van der Waals surface area contributed by atoms with Gasteiger partial charge >= 0.3 is 5.97 Å². The van der Waals surface area contributed by atoms with E-state index in [4.69, 9.17) is 38.4 Å². The predicted octanol–water partition coefficient (Wildman–Crippen LogP) is 4.98. The monoisotopic (exact) mass is 457 g/mol. The van der Waals surface area contributed by atoms with Crippen molar-refractivity contribution in [3.8, 4) is 11.5 Å². The number of ether oxygens (including phenoxy) is 2. The molecule has 1 fully saturated rings. The second kappa shape index (κ2) is 10.8. The average Bonchev–Trinajstić information content (AvgIpc) is 2.90.